The van der Waals surface area contributed by atoms with E-state index in [4.69, 9.17) is 10.6 Å². The number of anilines is 1. The summed E-state index contributed by atoms with van der Waals surface area (Å²) in [6.07, 6.45) is 6.08. The molecule has 0 fully saturated rings. The van der Waals surface area contributed by atoms with Gasteiger partial charge in [0.2, 0.25) is 0 Å². The first-order chi connectivity index (χ1) is 6.75. The van der Waals surface area contributed by atoms with Crippen molar-refractivity contribution < 1.29 is 4.84 Å². The highest BCUT2D eigenvalue weighted by atomic mass is 16.6. The second-order valence-corrected chi connectivity index (χ2v) is 2.54. The molecule has 0 spiro atoms. The fourth-order valence-electron chi connectivity index (χ4n) is 0.837. The molecule has 1 rings (SSSR count). The molecule has 0 bridgehead atoms. The fraction of sp³-hybridized carbons (Fsp3) is 0.222. The molecule has 2 N–H and O–H groups in total. The van der Waals surface area contributed by atoms with E-state index in [0.717, 1.165) is 11.3 Å². The summed E-state index contributed by atoms with van der Waals surface area (Å²) in [6, 6.07) is 0. The molecule has 0 aromatic carbocycles. The van der Waals surface area contributed by atoms with E-state index in [9.17, 15) is 0 Å². The third-order valence-electron chi connectivity index (χ3n) is 1.62. The second-order valence-electron chi connectivity index (χ2n) is 2.54. The maximum atomic E-state index is 5.60. The van der Waals surface area contributed by atoms with E-state index < -0.39 is 0 Å². The molecule has 0 unspecified atom stereocenters. The lowest BCUT2D eigenvalue weighted by atomic mass is 10.2. The molecule has 74 valence electrons. The van der Waals surface area contributed by atoms with Gasteiger partial charge in [-0.05, 0) is 13.8 Å². The maximum absolute atomic E-state index is 5.60. The number of aromatic nitrogens is 2. The van der Waals surface area contributed by atoms with Crippen LogP contribution in [0, 0.1) is 6.92 Å². The Morgan fingerprint density at radius 3 is 3.00 bits per heavy atom. The van der Waals surface area contributed by atoms with Gasteiger partial charge in [0.1, 0.15) is 18.4 Å². The summed E-state index contributed by atoms with van der Waals surface area (Å²) in [7, 11) is 0. The first-order valence-corrected chi connectivity index (χ1v) is 4.13. The smallest absolute Gasteiger partial charge is 0.130 e. The Balaban J connectivity index is 2.76. The van der Waals surface area contributed by atoms with Crippen molar-refractivity contribution in [2.24, 2.45) is 5.16 Å². The van der Waals surface area contributed by atoms with Crippen LogP contribution < -0.4 is 5.73 Å². The molecular formula is C9H12N4O. The Bertz CT molecular complexity index is 360. The monoisotopic (exact) mass is 192 g/mol. The van der Waals surface area contributed by atoms with Crippen LogP contribution in [0.4, 0.5) is 5.82 Å². The molecule has 0 amide bonds. The topological polar surface area (TPSA) is 73.4 Å². The van der Waals surface area contributed by atoms with E-state index in [0.29, 0.717) is 5.82 Å². The van der Waals surface area contributed by atoms with Crippen LogP contribution in [0.25, 0.3) is 6.08 Å². The van der Waals surface area contributed by atoms with Crippen molar-refractivity contribution in [2.75, 3.05) is 5.73 Å². The first-order valence-electron chi connectivity index (χ1n) is 4.13. The van der Waals surface area contributed by atoms with Gasteiger partial charge in [0.15, 0.2) is 0 Å². The number of hydrogen-bond acceptors (Lipinski definition) is 5. The lowest BCUT2D eigenvalue weighted by Crippen LogP contribution is -1.97. The number of nitrogen functional groups attached to an aromatic ring is 1. The van der Waals surface area contributed by atoms with E-state index in [-0.39, 0.29) is 0 Å². The molecule has 5 nitrogen and oxygen atoms in total. The highest BCUT2D eigenvalue weighted by Gasteiger charge is 1.99. The van der Waals surface area contributed by atoms with Crippen LogP contribution >= 0.6 is 0 Å². The summed E-state index contributed by atoms with van der Waals surface area (Å²) in [6.45, 7) is 3.61. The molecule has 0 aliphatic heterocycles. The lowest BCUT2D eigenvalue weighted by Gasteiger charge is -2.00. The second kappa shape index (κ2) is 4.96. The Morgan fingerprint density at radius 1 is 1.50 bits per heavy atom. The average molecular weight is 192 g/mol. The third-order valence-corrected chi connectivity index (χ3v) is 1.62. The van der Waals surface area contributed by atoms with Gasteiger partial charge in [0.25, 0.3) is 0 Å². The highest BCUT2D eigenvalue weighted by Crippen LogP contribution is 2.10. The molecule has 0 aliphatic rings. The van der Waals surface area contributed by atoms with Crippen LogP contribution in [-0.4, -0.2) is 16.2 Å². The molecule has 0 radical (unpaired) electrons. The number of nitrogens with zero attached hydrogens (tertiary/aromatic N) is 3. The van der Waals surface area contributed by atoms with Crippen LogP contribution in [0.2, 0.25) is 0 Å². The quantitative estimate of drug-likeness (QED) is 0.446. The van der Waals surface area contributed by atoms with Crippen LogP contribution in [0.5, 0.6) is 0 Å². The van der Waals surface area contributed by atoms with Crippen LogP contribution in [0.1, 0.15) is 18.2 Å². The van der Waals surface area contributed by atoms with Gasteiger partial charge in [-0.2, -0.15) is 0 Å². The molecule has 1 aromatic rings. The zero-order valence-corrected chi connectivity index (χ0v) is 8.14. The van der Waals surface area contributed by atoms with Gasteiger partial charge in [-0.25, -0.2) is 9.97 Å². The molecular weight excluding hydrogens is 180 g/mol. The van der Waals surface area contributed by atoms with Crippen LogP contribution in [0.3, 0.4) is 0 Å². The van der Waals surface area contributed by atoms with Crippen molar-refractivity contribution in [3.63, 3.8) is 0 Å². The lowest BCUT2D eigenvalue weighted by molar-refractivity contribution is 0.273. The predicted octanol–water partition coefficient (Wildman–Crippen LogP) is 1.36. The molecule has 1 aromatic heterocycles. The van der Waals surface area contributed by atoms with Crippen molar-refractivity contribution in [3.8, 4) is 0 Å². The van der Waals surface area contributed by atoms with Gasteiger partial charge in [-0.1, -0.05) is 5.16 Å². The molecule has 5 heteroatoms. The Labute approximate surface area is 82.3 Å². The number of hydrogen-bond donors (Lipinski definition) is 1. The standard InChI is InChI=1S/C9H12N4O/c1-3-13-14-5-4-8-7(2)9(10)12-6-11-8/h3-6H,1-2H3,(H2,10,11,12)/b5-4+,13-3+. The minimum Gasteiger partial charge on any atom is -0.383 e. The van der Waals surface area contributed by atoms with E-state index in [1.807, 2.05) is 6.92 Å². The third kappa shape index (κ3) is 2.55. The zero-order valence-electron chi connectivity index (χ0n) is 8.14. The van der Waals surface area contributed by atoms with Crippen LogP contribution in [0.15, 0.2) is 17.7 Å². The van der Waals surface area contributed by atoms with Crippen molar-refractivity contribution >= 4 is 18.1 Å². The van der Waals surface area contributed by atoms with Gasteiger partial charge in [0.05, 0.1) is 5.69 Å². The number of nitrogens with two attached hydrogens (primary N) is 1. The summed E-state index contributed by atoms with van der Waals surface area (Å²) in [5.41, 5.74) is 7.15. The van der Waals surface area contributed by atoms with Gasteiger partial charge < -0.3 is 10.6 Å². The largest absolute Gasteiger partial charge is 0.383 e. The molecule has 0 aliphatic carbocycles. The Kier molecular flexibility index (Phi) is 3.60. The van der Waals surface area contributed by atoms with Crippen molar-refractivity contribution in [1.29, 1.82) is 0 Å². The van der Waals surface area contributed by atoms with Crippen molar-refractivity contribution in [1.82, 2.24) is 9.97 Å². The number of oxime groups is 1. The maximum Gasteiger partial charge on any atom is 0.130 e. The average Bonchev–Trinajstić information content (AvgIpc) is 2.19. The number of rotatable bonds is 3. The van der Waals surface area contributed by atoms with E-state index in [2.05, 4.69) is 15.1 Å². The molecule has 14 heavy (non-hydrogen) atoms. The molecule has 1 heterocycles. The summed E-state index contributed by atoms with van der Waals surface area (Å²) >= 11 is 0. The molecule has 0 saturated heterocycles. The highest BCUT2D eigenvalue weighted by molar-refractivity contribution is 5.55. The van der Waals surface area contributed by atoms with Crippen molar-refractivity contribution in [3.05, 3.63) is 23.8 Å². The minimum atomic E-state index is 0.471. The van der Waals surface area contributed by atoms with Gasteiger partial charge in [0, 0.05) is 17.9 Å². The summed E-state index contributed by atoms with van der Waals surface area (Å²) < 4.78 is 0. The molecule has 0 saturated carbocycles. The Morgan fingerprint density at radius 2 is 2.29 bits per heavy atom. The van der Waals surface area contributed by atoms with E-state index in [1.165, 1.54) is 12.6 Å². The van der Waals surface area contributed by atoms with Crippen LogP contribution in [-0.2, 0) is 4.84 Å². The minimum absolute atomic E-state index is 0.471. The predicted molar refractivity (Wildman–Crippen MR) is 55.5 cm³/mol. The summed E-state index contributed by atoms with van der Waals surface area (Å²) in [4.78, 5) is 12.6. The first kappa shape index (κ1) is 10.2. The normalized spacial score (nSPS) is 11.3. The SMILES string of the molecule is C/C=N/O/C=C/c1ncnc(N)c1C. The zero-order chi connectivity index (χ0) is 10.4. The summed E-state index contributed by atoms with van der Waals surface area (Å²) in [5.74, 6) is 0.471. The van der Waals surface area contributed by atoms with Crippen molar-refractivity contribution in [2.45, 2.75) is 13.8 Å². The van der Waals surface area contributed by atoms with E-state index in [1.54, 1.807) is 19.2 Å². The fourth-order valence-corrected chi connectivity index (χ4v) is 0.837. The summed E-state index contributed by atoms with van der Waals surface area (Å²) in [5, 5.41) is 3.55. The Hall–Kier alpha value is -1.91. The van der Waals surface area contributed by atoms with E-state index >= 15 is 0 Å². The van der Waals surface area contributed by atoms with Gasteiger partial charge in [-0.15, -0.1) is 0 Å². The van der Waals surface area contributed by atoms with Gasteiger partial charge >= 0.3 is 0 Å². The molecule has 0 atom stereocenters. The van der Waals surface area contributed by atoms with Gasteiger partial charge in [-0.3, -0.25) is 0 Å².